The largest absolute Gasteiger partial charge is 0.351 e. The van der Waals surface area contributed by atoms with Crippen LogP contribution < -0.4 is 0 Å². The van der Waals surface area contributed by atoms with Gasteiger partial charge in [0.2, 0.25) is 0 Å². The second-order valence-corrected chi connectivity index (χ2v) is 5.17. The van der Waals surface area contributed by atoms with Gasteiger partial charge in [0.15, 0.2) is 5.79 Å². The summed E-state index contributed by atoms with van der Waals surface area (Å²) >= 11 is 0. The van der Waals surface area contributed by atoms with Crippen LogP contribution in [0.15, 0.2) is 0 Å². The van der Waals surface area contributed by atoms with Gasteiger partial charge < -0.3 is 4.74 Å². The molecule has 1 aliphatic carbocycles. The number of hydrogen-bond donors (Lipinski definition) is 0. The van der Waals surface area contributed by atoms with Crippen LogP contribution in [0.5, 0.6) is 0 Å². The van der Waals surface area contributed by atoms with Crippen LogP contribution in [0.25, 0.3) is 0 Å². The molecule has 0 spiro atoms. The predicted octanol–water partition coefficient (Wildman–Crippen LogP) is 2.90. The van der Waals surface area contributed by atoms with E-state index in [-0.39, 0.29) is 6.10 Å². The van der Waals surface area contributed by atoms with Crippen LogP contribution in [0.3, 0.4) is 0 Å². The Morgan fingerprint density at radius 2 is 2.07 bits per heavy atom. The van der Waals surface area contributed by atoms with Gasteiger partial charge in [0, 0.05) is 13.5 Å². The van der Waals surface area contributed by atoms with E-state index < -0.39 is 5.79 Å². The molecule has 1 aliphatic heterocycles. The van der Waals surface area contributed by atoms with Gasteiger partial charge in [-0.15, -0.1) is 0 Å². The van der Waals surface area contributed by atoms with Gasteiger partial charge in [0.25, 0.3) is 0 Å². The third kappa shape index (κ3) is 2.35. The van der Waals surface area contributed by atoms with Crippen LogP contribution >= 0.6 is 0 Å². The molecule has 2 aliphatic rings. The van der Waals surface area contributed by atoms with Gasteiger partial charge in [0.1, 0.15) is 0 Å². The quantitative estimate of drug-likeness (QED) is 0.628. The molecule has 1 saturated heterocycles. The summed E-state index contributed by atoms with van der Waals surface area (Å²) in [4.78, 5) is 11.0. The lowest BCUT2D eigenvalue weighted by molar-refractivity contribution is -0.434. The summed E-state index contributed by atoms with van der Waals surface area (Å²) in [6.45, 7) is 4.28. The maximum absolute atomic E-state index is 5.56. The zero-order valence-electron chi connectivity index (χ0n) is 9.99. The van der Waals surface area contributed by atoms with E-state index in [0.29, 0.717) is 5.92 Å². The number of ether oxygens (including phenoxy) is 1. The Bertz CT molecular complexity index is 219. The van der Waals surface area contributed by atoms with Crippen molar-refractivity contribution in [3.05, 3.63) is 0 Å². The summed E-state index contributed by atoms with van der Waals surface area (Å²) < 4.78 is 5.35. The first-order valence-corrected chi connectivity index (χ1v) is 6.04. The van der Waals surface area contributed by atoms with Gasteiger partial charge >= 0.3 is 0 Å². The smallest absolute Gasteiger partial charge is 0.198 e. The number of fused-ring (bicyclic) bond motifs is 1. The van der Waals surface area contributed by atoms with Crippen molar-refractivity contribution in [1.29, 1.82) is 0 Å². The molecule has 15 heavy (non-hydrogen) atoms. The molecule has 2 fully saturated rings. The Labute approximate surface area is 92.0 Å². The van der Waals surface area contributed by atoms with Crippen LogP contribution in [-0.2, 0) is 14.5 Å². The van der Waals surface area contributed by atoms with E-state index in [1.54, 1.807) is 7.11 Å². The molecule has 0 amide bonds. The van der Waals surface area contributed by atoms with Crippen molar-refractivity contribution >= 4 is 0 Å². The minimum absolute atomic E-state index is 0.283. The molecule has 4 atom stereocenters. The second kappa shape index (κ2) is 4.40. The molecular formula is C12H22O3. The lowest BCUT2D eigenvalue weighted by Gasteiger charge is -2.33. The molecule has 0 aromatic rings. The van der Waals surface area contributed by atoms with Gasteiger partial charge in [-0.25, -0.2) is 9.78 Å². The molecule has 3 nitrogen and oxygen atoms in total. The number of methoxy groups -OCH3 is 1. The summed E-state index contributed by atoms with van der Waals surface area (Å²) in [5.41, 5.74) is 0. The highest BCUT2D eigenvalue weighted by Gasteiger charge is 2.39. The average molecular weight is 214 g/mol. The van der Waals surface area contributed by atoms with Gasteiger partial charge in [0.05, 0.1) is 6.10 Å². The molecule has 3 heteroatoms. The molecule has 0 radical (unpaired) electrons. The zero-order valence-corrected chi connectivity index (χ0v) is 9.99. The monoisotopic (exact) mass is 214 g/mol. The van der Waals surface area contributed by atoms with Crippen LogP contribution in [-0.4, -0.2) is 19.0 Å². The van der Waals surface area contributed by atoms with E-state index >= 15 is 0 Å². The molecular weight excluding hydrogens is 192 g/mol. The minimum atomic E-state index is -0.545. The molecule has 2 rings (SSSR count). The molecule has 1 heterocycles. The summed E-state index contributed by atoms with van der Waals surface area (Å²) in [5, 5.41) is 0. The molecule has 0 aromatic heterocycles. The lowest BCUT2D eigenvalue weighted by Crippen LogP contribution is -2.32. The Kier molecular flexibility index (Phi) is 3.33. The fourth-order valence-electron chi connectivity index (χ4n) is 2.80. The van der Waals surface area contributed by atoms with Crippen LogP contribution in [0.2, 0.25) is 0 Å². The average Bonchev–Trinajstić information content (AvgIpc) is 2.41. The van der Waals surface area contributed by atoms with Crippen molar-refractivity contribution in [1.82, 2.24) is 0 Å². The maximum atomic E-state index is 5.56. The zero-order chi connectivity index (χ0) is 10.9. The second-order valence-electron chi connectivity index (χ2n) is 5.17. The van der Waals surface area contributed by atoms with E-state index in [2.05, 4.69) is 6.92 Å². The topological polar surface area (TPSA) is 27.7 Å². The third-order valence-electron chi connectivity index (χ3n) is 4.07. The maximum Gasteiger partial charge on any atom is 0.198 e. The first-order valence-electron chi connectivity index (χ1n) is 6.04. The fraction of sp³-hybridized carbons (Fsp3) is 1.00. The Morgan fingerprint density at radius 1 is 1.27 bits per heavy atom. The molecule has 0 bridgehead atoms. The van der Waals surface area contributed by atoms with Crippen molar-refractivity contribution in [3.8, 4) is 0 Å². The molecule has 88 valence electrons. The van der Waals surface area contributed by atoms with Crippen molar-refractivity contribution in [2.24, 2.45) is 11.8 Å². The lowest BCUT2D eigenvalue weighted by atomic mass is 9.76. The molecule has 1 saturated carbocycles. The van der Waals surface area contributed by atoms with Gasteiger partial charge in [-0.2, -0.15) is 0 Å². The van der Waals surface area contributed by atoms with Crippen molar-refractivity contribution < 1.29 is 14.5 Å². The summed E-state index contributed by atoms with van der Waals surface area (Å²) in [7, 11) is 1.68. The normalized spacial score (nSPS) is 47.0. The standard InChI is InChI=1S/C12H22O3/c1-9-5-4-6-11-10(9)7-8-12(2,13-3)15-14-11/h9-11H,4-8H2,1-3H3/t9-,10?,11?,12-/m1/s1. The Balaban J connectivity index is 2.04. The number of hydrogen-bond acceptors (Lipinski definition) is 3. The molecule has 0 aromatic carbocycles. The molecule has 0 N–H and O–H groups in total. The first kappa shape index (κ1) is 11.4. The fourth-order valence-corrected chi connectivity index (χ4v) is 2.80. The molecule has 2 unspecified atom stereocenters. The highest BCUT2D eigenvalue weighted by atomic mass is 17.2. The minimum Gasteiger partial charge on any atom is -0.351 e. The predicted molar refractivity (Wildman–Crippen MR) is 57.1 cm³/mol. The first-order chi connectivity index (χ1) is 7.14. The van der Waals surface area contributed by atoms with E-state index in [4.69, 9.17) is 14.5 Å². The number of rotatable bonds is 1. The van der Waals surface area contributed by atoms with Crippen molar-refractivity contribution in [3.63, 3.8) is 0 Å². The van der Waals surface area contributed by atoms with Crippen molar-refractivity contribution in [2.75, 3.05) is 7.11 Å². The van der Waals surface area contributed by atoms with E-state index in [9.17, 15) is 0 Å². The van der Waals surface area contributed by atoms with E-state index in [1.807, 2.05) is 6.92 Å². The van der Waals surface area contributed by atoms with E-state index in [1.165, 1.54) is 12.8 Å². The Hall–Kier alpha value is -0.120. The van der Waals surface area contributed by atoms with Gasteiger partial charge in [-0.05, 0) is 31.6 Å². The van der Waals surface area contributed by atoms with Crippen LogP contribution in [0.1, 0.15) is 46.0 Å². The van der Waals surface area contributed by atoms with E-state index in [0.717, 1.165) is 25.2 Å². The summed E-state index contributed by atoms with van der Waals surface area (Å²) in [5.74, 6) is 0.860. The summed E-state index contributed by atoms with van der Waals surface area (Å²) in [6.07, 6.45) is 6.08. The highest BCUT2D eigenvalue weighted by molar-refractivity contribution is 4.83. The highest BCUT2D eigenvalue weighted by Crippen LogP contribution is 2.40. The SMILES string of the molecule is CO[C@@]1(C)CCC2C(CCC[C@H]2C)OO1. The van der Waals surface area contributed by atoms with Gasteiger partial charge in [-0.3, -0.25) is 0 Å². The van der Waals surface area contributed by atoms with Crippen molar-refractivity contribution in [2.45, 2.75) is 57.8 Å². The van der Waals surface area contributed by atoms with Crippen LogP contribution in [0, 0.1) is 11.8 Å². The van der Waals surface area contributed by atoms with Gasteiger partial charge in [-0.1, -0.05) is 19.8 Å². The summed E-state index contributed by atoms with van der Waals surface area (Å²) in [6, 6.07) is 0. The third-order valence-corrected chi connectivity index (χ3v) is 4.07. The van der Waals surface area contributed by atoms with Crippen LogP contribution in [0.4, 0.5) is 0 Å². The Morgan fingerprint density at radius 3 is 2.80 bits per heavy atom.